The van der Waals surface area contributed by atoms with Crippen LogP contribution in [0.5, 0.6) is 0 Å². The SMILES string of the molecule is CCCCCCCC/C=C\CCCCCCCC(=O)OCCCCCCCCCCCCCC/C=C\CCCCCCCCCCCCC(=O)NC(CO)C(O)/C=C/CCCCCCCCCCCCCCCCCC. The summed E-state index contributed by atoms with van der Waals surface area (Å²) in [4.78, 5) is 24.6. The summed E-state index contributed by atoms with van der Waals surface area (Å²) in [5, 5.41) is 23.2. The molecule has 0 saturated heterocycles. The van der Waals surface area contributed by atoms with E-state index in [0.717, 1.165) is 44.9 Å². The average molecular weight is 1070 g/mol. The molecule has 2 unspecified atom stereocenters. The predicted molar refractivity (Wildman–Crippen MR) is 333 cm³/mol. The van der Waals surface area contributed by atoms with Gasteiger partial charge in [0.05, 0.1) is 25.4 Å². The molecule has 1 amide bonds. The van der Waals surface area contributed by atoms with Gasteiger partial charge in [0.2, 0.25) is 5.91 Å². The molecular formula is C70H133NO5. The molecule has 0 radical (unpaired) electrons. The maximum atomic E-state index is 12.5. The number of amides is 1. The number of rotatable bonds is 64. The highest BCUT2D eigenvalue weighted by Crippen LogP contribution is 2.18. The van der Waals surface area contributed by atoms with Crippen LogP contribution < -0.4 is 5.32 Å². The van der Waals surface area contributed by atoms with E-state index in [4.69, 9.17) is 4.74 Å². The Balaban J connectivity index is 3.41. The van der Waals surface area contributed by atoms with E-state index in [1.165, 1.54) is 302 Å². The number of carbonyl (C=O) groups excluding carboxylic acids is 2. The van der Waals surface area contributed by atoms with E-state index in [1.807, 2.05) is 6.08 Å². The first-order valence-corrected chi connectivity index (χ1v) is 34.3. The summed E-state index contributed by atoms with van der Waals surface area (Å²) in [7, 11) is 0. The number of aliphatic hydroxyl groups excluding tert-OH is 2. The third-order valence-electron chi connectivity index (χ3n) is 15.9. The van der Waals surface area contributed by atoms with E-state index in [1.54, 1.807) is 6.08 Å². The van der Waals surface area contributed by atoms with Crippen molar-refractivity contribution >= 4 is 11.9 Å². The molecule has 0 aromatic heterocycles. The molecule has 0 saturated carbocycles. The topological polar surface area (TPSA) is 95.9 Å². The lowest BCUT2D eigenvalue weighted by atomic mass is 10.0. The van der Waals surface area contributed by atoms with Gasteiger partial charge >= 0.3 is 5.97 Å². The lowest BCUT2D eigenvalue weighted by molar-refractivity contribution is -0.143. The van der Waals surface area contributed by atoms with Crippen LogP contribution >= 0.6 is 0 Å². The monoisotopic (exact) mass is 1070 g/mol. The minimum Gasteiger partial charge on any atom is -0.466 e. The zero-order chi connectivity index (χ0) is 55.0. The van der Waals surface area contributed by atoms with Crippen molar-refractivity contribution in [2.24, 2.45) is 0 Å². The summed E-state index contributed by atoms with van der Waals surface area (Å²) in [6.07, 6.45) is 83.5. The van der Waals surface area contributed by atoms with E-state index in [0.29, 0.717) is 19.4 Å². The molecule has 0 aliphatic rings. The first-order valence-electron chi connectivity index (χ1n) is 34.3. The number of allylic oxidation sites excluding steroid dienone is 5. The molecule has 0 spiro atoms. The second-order valence-electron chi connectivity index (χ2n) is 23.5. The molecule has 0 aliphatic heterocycles. The first kappa shape index (κ1) is 74.1. The van der Waals surface area contributed by atoms with Crippen LogP contribution in [-0.2, 0) is 14.3 Å². The summed E-state index contributed by atoms with van der Waals surface area (Å²) >= 11 is 0. The molecule has 0 heterocycles. The Morgan fingerprint density at radius 1 is 0.355 bits per heavy atom. The van der Waals surface area contributed by atoms with E-state index >= 15 is 0 Å². The highest BCUT2D eigenvalue weighted by molar-refractivity contribution is 5.76. The molecule has 0 fully saturated rings. The van der Waals surface area contributed by atoms with Gasteiger partial charge in [0, 0.05) is 12.8 Å². The molecule has 3 N–H and O–H groups in total. The summed E-state index contributed by atoms with van der Waals surface area (Å²) in [6.45, 7) is 4.92. The Bertz CT molecular complexity index is 1230. The van der Waals surface area contributed by atoms with E-state index in [9.17, 15) is 19.8 Å². The quantitative estimate of drug-likeness (QED) is 0.0320. The van der Waals surface area contributed by atoms with E-state index < -0.39 is 12.1 Å². The van der Waals surface area contributed by atoms with Crippen LogP contribution in [0, 0.1) is 0 Å². The number of nitrogens with one attached hydrogen (secondary N) is 1. The molecule has 2 atom stereocenters. The Morgan fingerprint density at radius 2 is 0.618 bits per heavy atom. The van der Waals surface area contributed by atoms with Crippen molar-refractivity contribution < 1.29 is 24.5 Å². The van der Waals surface area contributed by atoms with Gasteiger partial charge in [0.1, 0.15) is 0 Å². The van der Waals surface area contributed by atoms with Gasteiger partial charge in [-0.1, -0.05) is 314 Å². The van der Waals surface area contributed by atoms with Gasteiger partial charge in [-0.05, 0) is 83.5 Å². The molecule has 0 rings (SSSR count). The third-order valence-corrected chi connectivity index (χ3v) is 15.9. The zero-order valence-electron chi connectivity index (χ0n) is 51.3. The van der Waals surface area contributed by atoms with E-state index in [-0.39, 0.29) is 18.5 Å². The van der Waals surface area contributed by atoms with Crippen molar-refractivity contribution in [3.63, 3.8) is 0 Å². The first-order chi connectivity index (χ1) is 37.5. The molecule has 0 bridgehead atoms. The summed E-state index contributed by atoms with van der Waals surface area (Å²) in [6, 6.07) is -0.630. The molecular weight excluding hydrogens is 935 g/mol. The van der Waals surface area contributed by atoms with Gasteiger partial charge < -0.3 is 20.3 Å². The molecule has 0 aromatic rings. The number of ether oxygens (including phenoxy) is 1. The lowest BCUT2D eigenvalue weighted by Crippen LogP contribution is -2.45. The van der Waals surface area contributed by atoms with Crippen LogP contribution in [0.1, 0.15) is 373 Å². The van der Waals surface area contributed by atoms with Crippen molar-refractivity contribution in [2.75, 3.05) is 13.2 Å². The highest BCUT2D eigenvalue weighted by Gasteiger charge is 2.18. The van der Waals surface area contributed by atoms with Gasteiger partial charge in [-0.25, -0.2) is 0 Å². The summed E-state index contributed by atoms with van der Waals surface area (Å²) in [5.74, 6) is -0.0609. The highest BCUT2D eigenvalue weighted by atomic mass is 16.5. The van der Waals surface area contributed by atoms with Crippen molar-refractivity contribution in [1.29, 1.82) is 0 Å². The standard InChI is InChI=1S/C70H133NO5/c1-3-5-7-9-11-13-15-17-19-20-31-35-38-42-46-50-54-58-62-68(73)67(66-72)71-69(74)63-59-55-51-47-43-39-36-32-29-27-25-23-21-22-24-26-28-30-33-37-41-45-49-53-57-61-65-76-70(75)64-60-56-52-48-44-40-34-18-16-14-12-10-8-6-4-2/h18,21,23,34,58,62,67-68,72-73H,3-17,19-20,22,24-33,35-57,59-61,63-66H2,1-2H3,(H,71,74)/b23-21-,34-18-,62-58+. The normalized spacial score (nSPS) is 12.7. The molecule has 448 valence electrons. The van der Waals surface area contributed by atoms with Gasteiger partial charge in [-0.15, -0.1) is 0 Å². The average Bonchev–Trinajstić information content (AvgIpc) is 3.42. The second-order valence-corrected chi connectivity index (χ2v) is 23.5. The third kappa shape index (κ3) is 61.3. The van der Waals surface area contributed by atoms with Gasteiger partial charge in [0.25, 0.3) is 0 Å². The van der Waals surface area contributed by atoms with Gasteiger partial charge in [0.15, 0.2) is 0 Å². The fraction of sp³-hybridized carbons (Fsp3) is 0.886. The van der Waals surface area contributed by atoms with Gasteiger partial charge in [-0.3, -0.25) is 9.59 Å². The van der Waals surface area contributed by atoms with Crippen LogP contribution in [0.4, 0.5) is 0 Å². The van der Waals surface area contributed by atoms with Crippen LogP contribution in [0.2, 0.25) is 0 Å². The minimum absolute atomic E-state index is 0.00630. The lowest BCUT2D eigenvalue weighted by Gasteiger charge is -2.20. The molecule has 0 aromatic carbocycles. The van der Waals surface area contributed by atoms with Crippen LogP contribution in [0.3, 0.4) is 0 Å². The van der Waals surface area contributed by atoms with Crippen LogP contribution in [0.25, 0.3) is 0 Å². The van der Waals surface area contributed by atoms with Crippen molar-refractivity contribution in [1.82, 2.24) is 5.32 Å². The maximum Gasteiger partial charge on any atom is 0.305 e. The second kappa shape index (κ2) is 65.6. The number of unbranched alkanes of at least 4 members (excludes halogenated alkanes) is 49. The smallest absolute Gasteiger partial charge is 0.305 e. The zero-order valence-corrected chi connectivity index (χ0v) is 51.3. The minimum atomic E-state index is -0.846. The maximum absolute atomic E-state index is 12.5. The van der Waals surface area contributed by atoms with Crippen molar-refractivity contribution in [2.45, 2.75) is 386 Å². The Morgan fingerprint density at radius 3 is 0.934 bits per heavy atom. The Hall–Kier alpha value is -1.92. The number of hydrogen-bond acceptors (Lipinski definition) is 5. The number of hydrogen-bond donors (Lipinski definition) is 3. The van der Waals surface area contributed by atoms with Crippen molar-refractivity contribution in [3.05, 3.63) is 36.5 Å². The predicted octanol–water partition coefficient (Wildman–Crippen LogP) is 21.9. The summed E-state index contributed by atoms with van der Waals surface area (Å²) in [5.41, 5.74) is 0. The fourth-order valence-corrected chi connectivity index (χ4v) is 10.6. The Kier molecular flexibility index (Phi) is 63.9. The number of carbonyl (C=O) groups is 2. The largest absolute Gasteiger partial charge is 0.466 e. The number of esters is 1. The van der Waals surface area contributed by atoms with Crippen LogP contribution in [-0.4, -0.2) is 47.4 Å². The van der Waals surface area contributed by atoms with Gasteiger partial charge in [-0.2, -0.15) is 0 Å². The molecule has 6 nitrogen and oxygen atoms in total. The molecule has 0 aliphatic carbocycles. The van der Waals surface area contributed by atoms with Crippen molar-refractivity contribution in [3.8, 4) is 0 Å². The fourth-order valence-electron chi connectivity index (χ4n) is 10.6. The summed E-state index contributed by atoms with van der Waals surface area (Å²) < 4.78 is 5.49. The number of aliphatic hydroxyl groups is 2. The Labute approximate surface area is 474 Å². The van der Waals surface area contributed by atoms with Crippen LogP contribution in [0.15, 0.2) is 36.5 Å². The molecule has 76 heavy (non-hydrogen) atoms. The van der Waals surface area contributed by atoms with E-state index in [2.05, 4.69) is 43.5 Å². The molecule has 6 heteroatoms.